The van der Waals surface area contributed by atoms with Crippen molar-refractivity contribution in [3.05, 3.63) is 68.6 Å². The van der Waals surface area contributed by atoms with E-state index in [2.05, 4.69) is 74.7 Å². The second-order valence-corrected chi connectivity index (χ2v) is 10.3. The Balaban J connectivity index is 1.64. The van der Waals surface area contributed by atoms with Crippen molar-refractivity contribution in [2.75, 3.05) is 6.61 Å². The Bertz CT molecular complexity index is 1340. The van der Waals surface area contributed by atoms with Gasteiger partial charge in [0, 0.05) is 20.7 Å². The van der Waals surface area contributed by atoms with Gasteiger partial charge in [-0.05, 0) is 86.2 Å². The Morgan fingerprint density at radius 1 is 1.09 bits per heavy atom. The molecule has 1 heterocycles. The second kappa shape index (κ2) is 9.31. The van der Waals surface area contributed by atoms with Crippen molar-refractivity contribution in [2.45, 2.75) is 33.1 Å². The maximum Gasteiger partial charge on any atom is 0.227 e. The lowest BCUT2D eigenvalue weighted by atomic mass is 9.87. The van der Waals surface area contributed by atoms with Gasteiger partial charge >= 0.3 is 0 Å². The number of phenols is 1. The Labute approximate surface area is 209 Å². The maximum atomic E-state index is 10.6. The predicted octanol–water partition coefficient (Wildman–Crippen LogP) is 8.17. The highest BCUT2D eigenvalue weighted by Gasteiger charge is 2.16. The Kier molecular flexibility index (Phi) is 6.64. The van der Waals surface area contributed by atoms with Crippen LogP contribution in [0.4, 0.5) is 5.69 Å². The molecule has 0 saturated carbocycles. The average Bonchev–Trinajstić information content (AvgIpc) is 3.20. The molecule has 5 nitrogen and oxygen atoms in total. The lowest BCUT2D eigenvalue weighted by Crippen LogP contribution is -2.10. The van der Waals surface area contributed by atoms with Gasteiger partial charge in [0.25, 0.3) is 0 Å². The third-order valence-electron chi connectivity index (χ3n) is 5.20. The molecule has 170 valence electrons. The molecule has 0 aliphatic rings. The Morgan fingerprint density at radius 3 is 2.48 bits per heavy atom. The molecule has 0 amide bonds. The number of aromatic nitrogens is 1. The molecule has 4 rings (SSSR count). The summed E-state index contributed by atoms with van der Waals surface area (Å²) in [6, 6.07) is 15.6. The zero-order chi connectivity index (χ0) is 23.8. The molecule has 0 aliphatic carbocycles. The van der Waals surface area contributed by atoms with Crippen LogP contribution in [0.1, 0.15) is 38.8 Å². The number of ether oxygens (including phenoxy) is 1. The number of aliphatic imine (C=N–C) groups is 1. The molecule has 0 aliphatic heterocycles. The van der Waals surface area contributed by atoms with Gasteiger partial charge in [0.05, 0.1) is 17.9 Å². The highest BCUT2D eigenvalue weighted by atomic mass is 79.9. The van der Waals surface area contributed by atoms with Crippen LogP contribution in [-0.4, -0.2) is 22.9 Å². The molecule has 1 N–H and O–H groups in total. The van der Waals surface area contributed by atoms with Crippen molar-refractivity contribution in [3.8, 4) is 23.0 Å². The topological polar surface area (TPSA) is 67.9 Å². The summed E-state index contributed by atoms with van der Waals surface area (Å²) in [6.07, 6.45) is 1.60. The summed E-state index contributed by atoms with van der Waals surface area (Å²) in [7, 11) is 0. The van der Waals surface area contributed by atoms with Crippen molar-refractivity contribution >= 4 is 54.9 Å². The van der Waals surface area contributed by atoms with E-state index < -0.39 is 0 Å². The highest BCUT2D eigenvalue weighted by molar-refractivity contribution is 9.13. The van der Waals surface area contributed by atoms with Gasteiger partial charge in [0.2, 0.25) is 5.89 Å². The molecule has 0 bridgehead atoms. The standard InChI is InChI=1S/C26H24Br2N2O3/c1-5-32-22-13-19(27)23(28)18(24(22)31)14-29-17-10-11-21-20(12-17)30-25(33-21)15-6-8-16(9-7-15)26(2,3)4/h6-14,31H,5H2,1-4H3. The van der Waals surface area contributed by atoms with E-state index in [0.717, 1.165) is 10.0 Å². The number of hydrogen-bond donors (Lipinski definition) is 1. The summed E-state index contributed by atoms with van der Waals surface area (Å²) in [5.74, 6) is 0.989. The van der Waals surface area contributed by atoms with Gasteiger partial charge in [-0.3, -0.25) is 4.99 Å². The van der Waals surface area contributed by atoms with Crippen LogP contribution in [0.5, 0.6) is 11.5 Å². The molecule has 0 saturated heterocycles. The van der Waals surface area contributed by atoms with Gasteiger partial charge in [0.15, 0.2) is 17.1 Å². The molecule has 1 aromatic heterocycles. The zero-order valence-electron chi connectivity index (χ0n) is 18.8. The minimum absolute atomic E-state index is 0.0270. The fourth-order valence-corrected chi connectivity index (χ4v) is 4.19. The smallest absolute Gasteiger partial charge is 0.227 e. The van der Waals surface area contributed by atoms with Crippen molar-refractivity contribution in [1.29, 1.82) is 0 Å². The summed E-state index contributed by atoms with van der Waals surface area (Å²) >= 11 is 6.97. The van der Waals surface area contributed by atoms with Crippen LogP contribution in [0.25, 0.3) is 22.6 Å². The van der Waals surface area contributed by atoms with Crippen molar-refractivity contribution in [1.82, 2.24) is 4.98 Å². The number of fused-ring (bicyclic) bond motifs is 1. The summed E-state index contributed by atoms with van der Waals surface area (Å²) < 4.78 is 12.9. The first-order valence-corrected chi connectivity index (χ1v) is 12.2. The molecule has 0 radical (unpaired) electrons. The lowest BCUT2D eigenvalue weighted by molar-refractivity contribution is 0.317. The Morgan fingerprint density at radius 2 is 1.82 bits per heavy atom. The van der Waals surface area contributed by atoms with Crippen LogP contribution >= 0.6 is 31.9 Å². The molecule has 3 aromatic carbocycles. The summed E-state index contributed by atoms with van der Waals surface area (Å²) in [6.45, 7) is 8.88. The predicted molar refractivity (Wildman–Crippen MR) is 140 cm³/mol. The van der Waals surface area contributed by atoms with E-state index in [1.54, 1.807) is 12.3 Å². The minimum atomic E-state index is 0.0270. The summed E-state index contributed by atoms with van der Waals surface area (Å²) in [4.78, 5) is 9.19. The van der Waals surface area contributed by atoms with Crippen molar-refractivity contribution in [2.24, 2.45) is 4.99 Å². The third-order valence-corrected chi connectivity index (χ3v) is 7.22. The number of oxazole rings is 1. The molecule has 0 spiro atoms. The first kappa shape index (κ1) is 23.5. The van der Waals surface area contributed by atoms with E-state index in [1.807, 2.05) is 37.3 Å². The maximum absolute atomic E-state index is 10.6. The molecule has 7 heteroatoms. The number of hydrogen-bond acceptors (Lipinski definition) is 5. The number of rotatable bonds is 5. The molecular formula is C26H24Br2N2O3. The van der Waals surface area contributed by atoms with Gasteiger partial charge in [-0.25, -0.2) is 4.98 Å². The van der Waals surface area contributed by atoms with Gasteiger partial charge in [-0.15, -0.1) is 0 Å². The van der Waals surface area contributed by atoms with Crippen LogP contribution < -0.4 is 4.74 Å². The van der Waals surface area contributed by atoms with E-state index in [1.165, 1.54) is 5.56 Å². The fourth-order valence-electron chi connectivity index (χ4n) is 3.37. The molecular weight excluding hydrogens is 548 g/mol. The van der Waals surface area contributed by atoms with Gasteiger partial charge in [-0.2, -0.15) is 0 Å². The number of benzene rings is 3. The summed E-state index contributed by atoms with van der Waals surface area (Å²) in [5, 5.41) is 10.6. The lowest BCUT2D eigenvalue weighted by Gasteiger charge is -2.18. The minimum Gasteiger partial charge on any atom is -0.504 e. The van der Waals surface area contributed by atoms with Gasteiger partial charge in [-0.1, -0.05) is 32.9 Å². The molecule has 0 unspecified atom stereocenters. The molecule has 4 aromatic rings. The van der Waals surface area contributed by atoms with Crippen LogP contribution in [0.3, 0.4) is 0 Å². The molecule has 33 heavy (non-hydrogen) atoms. The SMILES string of the molecule is CCOc1cc(Br)c(Br)c(C=Nc2ccc3oc(-c4ccc(C(C)(C)C)cc4)nc3c2)c1O. The second-order valence-electron chi connectivity index (χ2n) is 8.62. The molecule has 0 fully saturated rings. The zero-order valence-corrected chi connectivity index (χ0v) is 22.0. The van der Waals surface area contributed by atoms with Crippen LogP contribution in [0.2, 0.25) is 0 Å². The van der Waals surface area contributed by atoms with E-state index >= 15 is 0 Å². The van der Waals surface area contributed by atoms with E-state index in [4.69, 9.17) is 9.15 Å². The van der Waals surface area contributed by atoms with Gasteiger partial charge in [0.1, 0.15) is 5.52 Å². The van der Waals surface area contributed by atoms with Crippen molar-refractivity contribution < 1.29 is 14.3 Å². The quantitative estimate of drug-likeness (QED) is 0.245. The van der Waals surface area contributed by atoms with Crippen LogP contribution in [-0.2, 0) is 5.41 Å². The van der Waals surface area contributed by atoms with E-state index in [-0.39, 0.29) is 11.2 Å². The first-order valence-electron chi connectivity index (χ1n) is 10.6. The van der Waals surface area contributed by atoms with Gasteiger partial charge < -0.3 is 14.3 Å². The van der Waals surface area contributed by atoms with Crippen molar-refractivity contribution in [3.63, 3.8) is 0 Å². The first-order chi connectivity index (χ1) is 15.7. The van der Waals surface area contributed by atoms with E-state index in [9.17, 15) is 5.11 Å². The number of halogens is 2. The van der Waals surface area contributed by atoms with Crippen LogP contribution in [0, 0.1) is 0 Å². The molecule has 0 atom stereocenters. The number of phenolic OH excluding ortho intramolecular Hbond substituents is 1. The number of aromatic hydroxyl groups is 1. The van der Waals surface area contributed by atoms with E-state index in [0.29, 0.717) is 45.1 Å². The largest absolute Gasteiger partial charge is 0.504 e. The monoisotopic (exact) mass is 570 g/mol. The highest BCUT2D eigenvalue weighted by Crippen LogP contribution is 2.40. The Hall–Kier alpha value is -2.64. The van der Waals surface area contributed by atoms with Crippen LogP contribution in [0.15, 0.2) is 66.9 Å². The number of nitrogens with zero attached hydrogens (tertiary/aromatic N) is 2. The normalized spacial score (nSPS) is 12.1. The fraction of sp³-hybridized carbons (Fsp3) is 0.231. The average molecular weight is 572 g/mol. The third kappa shape index (κ3) is 4.99. The summed E-state index contributed by atoms with van der Waals surface area (Å²) in [5.41, 5.74) is 4.89.